The van der Waals surface area contributed by atoms with Crippen LogP contribution in [0.25, 0.3) is 0 Å². The maximum absolute atomic E-state index is 13.3. The molecular formula is C12H13FO4. The third-order valence-corrected chi connectivity index (χ3v) is 2.63. The molecule has 4 nitrogen and oxygen atoms in total. The zero-order chi connectivity index (χ0) is 12.3. The van der Waals surface area contributed by atoms with E-state index in [9.17, 15) is 9.18 Å². The maximum Gasteiger partial charge on any atom is 0.338 e. The van der Waals surface area contributed by atoms with Crippen LogP contribution in [0.15, 0.2) is 18.2 Å². The van der Waals surface area contributed by atoms with E-state index in [1.165, 1.54) is 12.1 Å². The van der Waals surface area contributed by atoms with Crippen LogP contribution in [-0.2, 0) is 4.74 Å². The fourth-order valence-electron chi connectivity index (χ4n) is 1.72. The zero-order valence-electron chi connectivity index (χ0n) is 9.19. The van der Waals surface area contributed by atoms with Crippen molar-refractivity contribution in [3.05, 3.63) is 29.6 Å². The highest BCUT2D eigenvalue weighted by atomic mass is 19.1. The van der Waals surface area contributed by atoms with Gasteiger partial charge in [-0.1, -0.05) is 0 Å². The summed E-state index contributed by atoms with van der Waals surface area (Å²) in [6.45, 7) is 1.10. The average molecular weight is 240 g/mol. The second-order valence-electron chi connectivity index (χ2n) is 3.89. The molecule has 1 aliphatic rings. The van der Waals surface area contributed by atoms with Crippen molar-refractivity contribution in [2.24, 2.45) is 0 Å². The minimum absolute atomic E-state index is 0.0530. The SMILES string of the molecule is O=C(O)c1ccc(OC[C@@H]2CCCO2)cc1F. The Kier molecular flexibility index (Phi) is 3.58. The number of carboxylic acid groups (broad SMARTS) is 1. The van der Waals surface area contributed by atoms with Gasteiger partial charge in [-0.25, -0.2) is 9.18 Å². The summed E-state index contributed by atoms with van der Waals surface area (Å²) in [5, 5.41) is 8.66. The van der Waals surface area contributed by atoms with E-state index < -0.39 is 11.8 Å². The smallest absolute Gasteiger partial charge is 0.338 e. The fraction of sp³-hybridized carbons (Fsp3) is 0.417. The Bertz CT molecular complexity index is 413. The second-order valence-corrected chi connectivity index (χ2v) is 3.89. The van der Waals surface area contributed by atoms with Crippen LogP contribution in [0.1, 0.15) is 23.2 Å². The molecule has 1 fully saturated rings. The van der Waals surface area contributed by atoms with Gasteiger partial charge in [0.05, 0.1) is 11.7 Å². The molecule has 0 saturated carbocycles. The first kappa shape index (κ1) is 11.9. The lowest BCUT2D eigenvalue weighted by Gasteiger charge is -2.11. The molecular weight excluding hydrogens is 227 g/mol. The van der Waals surface area contributed by atoms with E-state index in [0.29, 0.717) is 12.4 Å². The topological polar surface area (TPSA) is 55.8 Å². The van der Waals surface area contributed by atoms with Crippen LogP contribution in [-0.4, -0.2) is 30.4 Å². The Balaban J connectivity index is 1.97. The Morgan fingerprint density at radius 2 is 2.41 bits per heavy atom. The Labute approximate surface area is 98.0 Å². The summed E-state index contributed by atoms with van der Waals surface area (Å²) in [5.74, 6) is -1.75. The maximum atomic E-state index is 13.3. The van der Waals surface area contributed by atoms with Crippen LogP contribution in [0.5, 0.6) is 5.75 Å². The van der Waals surface area contributed by atoms with Gasteiger partial charge in [-0.2, -0.15) is 0 Å². The molecule has 92 valence electrons. The monoisotopic (exact) mass is 240 g/mol. The zero-order valence-corrected chi connectivity index (χ0v) is 9.19. The molecule has 0 aromatic heterocycles. The van der Waals surface area contributed by atoms with Crippen molar-refractivity contribution >= 4 is 5.97 Å². The molecule has 0 bridgehead atoms. The molecule has 2 rings (SSSR count). The third kappa shape index (κ3) is 2.94. The van der Waals surface area contributed by atoms with Crippen molar-refractivity contribution in [3.63, 3.8) is 0 Å². The van der Waals surface area contributed by atoms with E-state index in [1.807, 2.05) is 0 Å². The number of halogens is 1. The Morgan fingerprint density at radius 1 is 1.59 bits per heavy atom. The Morgan fingerprint density at radius 3 is 3.00 bits per heavy atom. The van der Waals surface area contributed by atoms with E-state index in [-0.39, 0.29) is 11.7 Å². The fourth-order valence-corrected chi connectivity index (χ4v) is 1.72. The summed E-state index contributed by atoms with van der Waals surface area (Å²) < 4.78 is 24.0. The molecule has 0 aliphatic carbocycles. The highest BCUT2D eigenvalue weighted by Crippen LogP contribution is 2.19. The third-order valence-electron chi connectivity index (χ3n) is 2.63. The summed E-state index contributed by atoms with van der Waals surface area (Å²) in [6.07, 6.45) is 2.01. The second kappa shape index (κ2) is 5.14. The van der Waals surface area contributed by atoms with Crippen LogP contribution in [0, 0.1) is 5.82 Å². The lowest BCUT2D eigenvalue weighted by Crippen LogP contribution is -2.16. The molecule has 5 heteroatoms. The first-order valence-corrected chi connectivity index (χ1v) is 5.44. The molecule has 0 radical (unpaired) electrons. The molecule has 1 aliphatic heterocycles. The van der Waals surface area contributed by atoms with Gasteiger partial charge in [0.2, 0.25) is 0 Å². The largest absolute Gasteiger partial charge is 0.491 e. The van der Waals surface area contributed by atoms with E-state index in [2.05, 4.69) is 0 Å². The van der Waals surface area contributed by atoms with Gasteiger partial charge >= 0.3 is 5.97 Å². The quantitative estimate of drug-likeness (QED) is 0.875. The molecule has 17 heavy (non-hydrogen) atoms. The van der Waals surface area contributed by atoms with Crippen LogP contribution in [0.2, 0.25) is 0 Å². The lowest BCUT2D eigenvalue weighted by atomic mass is 10.2. The van der Waals surface area contributed by atoms with Gasteiger partial charge in [-0.3, -0.25) is 0 Å². The summed E-state index contributed by atoms with van der Waals surface area (Å²) in [6, 6.07) is 3.72. The van der Waals surface area contributed by atoms with Gasteiger partial charge in [-0.05, 0) is 25.0 Å². The van der Waals surface area contributed by atoms with Gasteiger partial charge < -0.3 is 14.6 Å². The summed E-state index contributed by atoms with van der Waals surface area (Å²) >= 11 is 0. The van der Waals surface area contributed by atoms with Crippen LogP contribution < -0.4 is 4.74 Å². The predicted octanol–water partition coefficient (Wildman–Crippen LogP) is 2.08. The predicted molar refractivity (Wildman–Crippen MR) is 57.8 cm³/mol. The lowest BCUT2D eigenvalue weighted by molar-refractivity contribution is 0.0671. The standard InChI is InChI=1S/C12H13FO4/c13-11-6-8(3-4-10(11)12(14)15)17-7-9-2-1-5-16-9/h3-4,6,9H,1-2,5,7H2,(H,14,15)/t9-/m0/s1. The molecule has 1 saturated heterocycles. The number of rotatable bonds is 4. The molecule has 1 N–H and O–H groups in total. The number of carbonyl (C=O) groups is 1. The summed E-state index contributed by atoms with van der Waals surface area (Å²) in [7, 11) is 0. The minimum atomic E-state index is -1.28. The first-order chi connectivity index (χ1) is 8.16. The van der Waals surface area contributed by atoms with Crippen molar-refractivity contribution in [2.75, 3.05) is 13.2 Å². The van der Waals surface area contributed by atoms with E-state index >= 15 is 0 Å². The van der Waals surface area contributed by atoms with Crippen molar-refractivity contribution < 1.29 is 23.8 Å². The van der Waals surface area contributed by atoms with Gasteiger partial charge in [0.15, 0.2) is 0 Å². The summed E-state index contributed by atoms with van der Waals surface area (Å²) in [4.78, 5) is 10.6. The molecule has 0 spiro atoms. The van der Waals surface area contributed by atoms with Crippen LogP contribution in [0.4, 0.5) is 4.39 Å². The molecule has 1 heterocycles. The van der Waals surface area contributed by atoms with Crippen molar-refractivity contribution in [2.45, 2.75) is 18.9 Å². The number of carboxylic acids is 1. The van der Waals surface area contributed by atoms with Gasteiger partial charge in [0, 0.05) is 12.7 Å². The summed E-state index contributed by atoms with van der Waals surface area (Å²) in [5.41, 5.74) is -0.352. The van der Waals surface area contributed by atoms with Gasteiger partial charge in [-0.15, -0.1) is 0 Å². The van der Waals surface area contributed by atoms with Crippen molar-refractivity contribution in [1.29, 1.82) is 0 Å². The minimum Gasteiger partial charge on any atom is -0.491 e. The highest BCUT2D eigenvalue weighted by Gasteiger charge is 2.17. The molecule has 0 unspecified atom stereocenters. The molecule has 0 amide bonds. The van der Waals surface area contributed by atoms with Crippen molar-refractivity contribution in [1.82, 2.24) is 0 Å². The average Bonchev–Trinajstić information content (AvgIpc) is 2.78. The highest BCUT2D eigenvalue weighted by molar-refractivity contribution is 5.88. The number of ether oxygens (including phenoxy) is 2. The normalized spacial score (nSPS) is 19.2. The number of hydrogen-bond acceptors (Lipinski definition) is 3. The Hall–Kier alpha value is -1.62. The van der Waals surface area contributed by atoms with E-state index in [4.69, 9.17) is 14.6 Å². The molecule has 1 aromatic rings. The van der Waals surface area contributed by atoms with Crippen molar-refractivity contribution in [3.8, 4) is 5.75 Å². The van der Waals surface area contributed by atoms with E-state index in [0.717, 1.165) is 25.5 Å². The van der Waals surface area contributed by atoms with E-state index in [1.54, 1.807) is 0 Å². The number of aromatic carboxylic acids is 1. The van der Waals surface area contributed by atoms with Gasteiger partial charge in [0.1, 0.15) is 18.2 Å². The molecule has 1 atom stereocenters. The molecule has 1 aromatic carbocycles. The van der Waals surface area contributed by atoms with Crippen LogP contribution >= 0.6 is 0 Å². The number of hydrogen-bond donors (Lipinski definition) is 1. The van der Waals surface area contributed by atoms with Gasteiger partial charge in [0.25, 0.3) is 0 Å². The first-order valence-electron chi connectivity index (χ1n) is 5.44. The van der Waals surface area contributed by atoms with Crippen LogP contribution in [0.3, 0.4) is 0 Å². The number of benzene rings is 1.